The normalized spacial score (nSPS) is 12.5. The Morgan fingerprint density at radius 1 is 0.833 bits per heavy atom. The van der Waals surface area contributed by atoms with Crippen molar-refractivity contribution >= 4 is 5.71 Å². The number of ether oxygens (including phenoxy) is 1. The van der Waals surface area contributed by atoms with Crippen LogP contribution in [0.25, 0.3) is 0 Å². The van der Waals surface area contributed by atoms with Gasteiger partial charge in [0, 0.05) is 30.4 Å². The predicted molar refractivity (Wildman–Crippen MR) is 93.9 cm³/mol. The van der Waals surface area contributed by atoms with Crippen LogP contribution in [0.3, 0.4) is 0 Å². The van der Waals surface area contributed by atoms with Crippen LogP contribution < -0.4 is 4.74 Å². The highest BCUT2D eigenvalue weighted by Gasteiger charge is 2.10. The lowest BCUT2D eigenvalue weighted by atomic mass is 10.0. The van der Waals surface area contributed by atoms with Gasteiger partial charge in [0.05, 0.1) is 0 Å². The fraction of sp³-hybridized carbons (Fsp3) is 0.100. The van der Waals surface area contributed by atoms with Crippen LogP contribution in [0, 0.1) is 0 Å². The molecule has 0 amide bonds. The number of para-hydroxylation sites is 1. The summed E-state index contributed by atoms with van der Waals surface area (Å²) in [5, 5.41) is 4.32. The number of rotatable bonds is 6. The fourth-order valence-electron chi connectivity index (χ4n) is 2.22. The molecule has 2 aromatic carbocycles. The number of nitrogens with zero attached hydrogens (tertiary/aromatic N) is 2. The largest absolute Gasteiger partial charge is 0.453 e. The second-order valence-corrected chi connectivity index (χ2v) is 5.15. The Hall–Kier alpha value is -3.14. The van der Waals surface area contributed by atoms with Crippen LogP contribution in [0.15, 0.2) is 90.3 Å². The Kier molecular flexibility index (Phi) is 5.20. The van der Waals surface area contributed by atoms with E-state index in [2.05, 4.69) is 10.1 Å². The first-order chi connectivity index (χ1) is 11.8. The summed E-state index contributed by atoms with van der Waals surface area (Å²) in [6.45, 7) is 1.81. The van der Waals surface area contributed by atoms with Crippen molar-refractivity contribution in [1.82, 2.24) is 4.98 Å². The number of pyridine rings is 1. The third-order valence-electron chi connectivity index (χ3n) is 3.34. The second kappa shape index (κ2) is 7.92. The smallest absolute Gasteiger partial charge is 0.262 e. The highest BCUT2D eigenvalue weighted by molar-refractivity contribution is 6.12. The number of hydrogen-bond donors (Lipinski definition) is 0. The molecule has 0 aliphatic carbocycles. The van der Waals surface area contributed by atoms with Crippen molar-refractivity contribution in [3.63, 3.8) is 0 Å². The van der Waals surface area contributed by atoms with Gasteiger partial charge in [-0.3, -0.25) is 4.98 Å². The number of benzene rings is 2. The summed E-state index contributed by atoms with van der Waals surface area (Å²) < 4.78 is 5.69. The zero-order chi connectivity index (χ0) is 16.6. The van der Waals surface area contributed by atoms with Crippen LogP contribution in [-0.4, -0.2) is 17.0 Å². The summed E-state index contributed by atoms with van der Waals surface area (Å²) >= 11 is 0. The van der Waals surface area contributed by atoms with Crippen molar-refractivity contribution in [2.75, 3.05) is 0 Å². The summed E-state index contributed by atoms with van der Waals surface area (Å²) in [6.07, 6.45) is 2.96. The Morgan fingerprint density at radius 2 is 1.42 bits per heavy atom. The molecule has 0 radical (unpaired) electrons. The molecule has 1 atom stereocenters. The van der Waals surface area contributed by atoms with E-state index in [0.717, 1.165) is 22.6 Å². The van der Waals surface area contributed by atoms with E-state index in [9.17, 15) is 0 Å². The molecule has 0 spiro atoms. The van der Waals surface area contributed by atoms with Crippen molar-refractivity contribution in [3.8, 4) is 5.75 Å². The summed E-state index contributed by atoms with van der Waals surface area (Å²) in [4.78, 5) is 9.61. The number of aromatic nitrogens is 1. The maximum absolute atomic E-state index is 5.69. The lowest BCUT2D eigenvalue weighted by Gasteiger charge is -2.14. The molecule has 3 aromatic rings. The van der Waals surface area contributed by atoms with E-state index in [-0.39, 0.29) is 0 Å². The van der Waals surface area contributed by atoms with E-state index in [1.165, 1.54) is 0 Å². The van der Waals surface area contributed by atoms with Gasteiger partial charge in [0.1, 0.15) is 11.5 Å². The van der Waals surface area contributed by atoms with E-state index >= 15 is 0 Å². The Balaban J connectivity index is 1.79. The van der Waals surface area contributed by atoms with Crippen molar-refractivity contribution in [3.05, 3.63) is 96.3 Å². The summed E-state index contributed by atoms with van der Waals surface area (Å²) in [5.74, 6) is 0.741. The predicted octanol–water partition coefficient (Wildman–Crippen LogP) is 4.28. The Morgan fingerprint density at radius 3 is 2.08 bits per heavy atom. The summed E-state index contributed by atoms with van der Waals surface area (Å²) in [7, 11) is 0. The van der Waals surface area contributed by atoms with Crippen LogP contribution in [0.4, 0.5) is 0 Å². The monoisotopic (exact) mass is 318 g/mol. The minimum Gasteiger partial charge on any atom is -0.453 e. The zero-order valence-corrected chi connectivity index (χ0v) is 13.4. The van der Waals surface area contributed by atoms with Gasteiger partial charge in [-0.2, -0.15) is 0 Å². The Bertz CT molecular complexity index is 733. The maximum atomic E-state index is 5.69. The van der Waals surface area contributed by atoms with E-state index in [1.54, 1.807) is 12.4 Å². The number of hydrogen-bond acceptors (Lipinski definition) is 4. The van der Waals surface area contributed by atoms with E-state index in [1.807, 2.05) is 79.7 Å². The molecule has 1 unspecified atom stereocenters. The van der Waals surface area contributed by atoms with Crippen molar-refractivity contribution < 1.29 is 9.57 Å². The van der Waals surface area contributed by atoms with Crippen LogP contribution in [0.1, 0.15) is 18.1 Å². The van der Waals surface area contributed by atoms with Gasteiger partial charge in [0.25, 0.3) is 6.29 Å². The molecular formula is C20H18N2O2. The second-order valence-electron chi connectivity index (χ2n) is 5.15. The molecule has 0 fully saturated rings. The zero-order valence-electron chi connectivity index (χ0n) is 13.4. The maximum Gasteiger partial charge on any atom is 0.262 e. The molecule has 0 aliphatic heterocycles. The van der Waals surface area contributed by atoms with Gasteiger partial charge in [-0.25, -0.2) is 0 Å². The third-order valence-corrected chi connectivity index (χ3v) is 3.34. The van der Waals surface area contributed by atoms with Crippen molar-refractivity contribution in [1.29, 1.82) is 0 Å². The molecule has 0 bridgehead atoms. The van der Waals surface area contributed by atoms with Gasteiger partial charge in [-0.15, -0.1) is 0 Å². The van der Waals surface area contributed by atoms with Crippen LogP contribution in [0.5, 0.6) is 5.75 Å². The summed E-state index contributed by atoms with van der Waals surface area (Å²) in [6, 6.07) is 23.2. The van der Waals surface area contributed by atoms with Crippen LogP contribution in [0.2, 0.25) is 0 Å². The van der Waals surface area contributed by atoms with Gasteiger partial charge in [0.2, 0.25) is 0 Å². The number of oxime groups is 1. The van der Waals surface area contributed by atoms with E-state index < -0.39 is 6.29 Å². The highest BCUT2D eigenvalue weighted by atomic mass is 16.8. The minimum atomic E-state index is -0.507. The van der Waals surface area contributed by atoms with E-state index in [0.29, 0.717) is 0 Å². The van der Waals surface area contributed by atoms with Gasteiger partial charge in [0.15, 0.2) is 0 Å². The van der Waals surface area contributed by atoms with Crippen LogP contribution >= 0.6 is 0 Å². The van der Waals surface area contributed by atoms with Gasteiger partial charge in [-0.05, 0) is 24.3 Å². The third kappa shape index (κ3) is 4.20. The van der Waals surface area contributed by atoms with Gasteiger partial charge < -0.3 is 9.57 Å². The lowest BCUT2D eigenvalue weighted by Crippen LogP contribution is -2.15. The first-order valence-corrected chi connectivity index (χ1v) is 7.74. The molecule has 0 aliphatic rings. The van der Waals surface area contributed by atoms with Crippen molar-refractivity contribution in [2.24, 2.45) is 5.16 Å². The standard InChI is InChI=1S/C20H18N2O2/c1-16(23-19-10-6-3-7-11-19)24-22-20(17-8-4-2-5-9-17)18-12-14-21-15-13-18/h2-16H,1H3. The van der Waals surface area contributed by atoms with E-state index in [4.69, 9.17) is 9.57 Å². The molecule has 3 rings (SSSR count). The molecule has 4 nitrogen and oxygen atoms in total. The average molecular weight is 318 g/mol. The van der Waals surface area contributed by atoms with Crippen molar-refractivity contribution in [2.45, 2.75) is 13.2 Å². The molecular weight excluding hydrogens is 300 g/mol. The molecule has 1 heterocycles. The molecule has 0 N–H and O–H groups in total. The quantitative estimate of drug-likeness (QED) is 0.387. The summed E-state index contributed by atoms with van der Waals surface area (Å²) in [5.41, 5.74) is 2.64. The highest BCUT2D eigenvalue weighted by Crippen LogP contribution is 2.14. The van der Waals surface area contributed by atoms with Gasteiger partial charge in [-0.1, -0.05) is 53.7 Å². The lowest BCUT2D eigenvalue weighted by molar-refractivity contribution is -0.0648. The SMILES string of the molecule is CC(ON=C(c1ccccc1)c1ccncc1)Oc1ccccc1. The van der Waals surface area contributed by atoms with Gasteiger partial charge >= 0.3 is 0 Å². The van der Waals surface area contributed by atoms with Crippen LogP contribution in [-0.2, 0) is 4.84 Å². The molecule has 120 valence electrons. The molecule has 1 aromatic heterocycles. The molecule has 0 saturated heterocycles. The minimum absolute atomic E-state index is 0.507. The molecule has 0 saturated carbocycles. The topological polar surface area (TPSA) is 43.7 Å². The molecule has 24 heavy (non-hydrogen) atoms. The average Bonchev–Trinajstić information content (AvgIpc) is 2.64. The first-order valence-electron chi connectivity index (χ1n) is 7.74. The Labute approximate surface area is 141 Å². The fourth-order valence-corrected chi connectivity index (χ4v) is 2.22. The first kappa shape index (κ1) is 15.7. The molecule has 4 heteroatoms.